The molecule has 1 amide bonds. The molecule has 0 bridgehead atoms. The molecular weight excluding hydrogens is 374 g/mol. The molecule has 2 fully saturated rings. The van der Waals surface area contributed by atoms with Crippen molar-refractivity contribution in [2.75, 3.05) is 60.1 Å². The van der Waals surface area contributed by atoms with E-state index < -0.39 is 16.1 Å². The Hall–Kier alpha value is -1.88. The minimum atomic E-state index is -3.76. The summed E-state index contributed by atoms with van der Waals surface area (Å²) in [6, 6.07) is 4.67. The first-order chi connectivity index (χ1) is 13.0. The maximum absolute atomic E-state index is 13.1. The second-order valence-corrected chi connectivity index (χ2v) is 8.22. The van der Waals surface area contributed by atoms with Gasteiger partial charge in [-0.2, -0.15) is 4.31 Å². The van der Waals surface area contributed by atoms with Gasteiger partial charge in [-0.15, -0.1) is 0 Å². The van der Waals surface area contributed by atoms with E-state index in [0.29, 0.717) is 32.0 Å². The monoisotopic (exact) mass is 399 g/mol. The molecule has 1 aromatic carbocycles. The summed E-state index contributed by atoms with van der Waals surface area (Å²) in [6.07, 6.45) is -0.500. The number of amides is 1. The van der Waals surface area contributed by atoms with E-state index in [1.165, 1.54) is 24.6 Å². The van der Waals surface area contributed by atoms with Crippen LogP contribution in [0.3, 0.4) is 0 Å². The number of carbonyl (C=O) groups is 1. The average Bonchev–Trinajstić information content (AvgIpc) is 2.73. The molecule has 1 unspecified atom stereocenters. The van der Waals surface area contributed by atoms with Crippen LogP contribution in [-0.2, 0) is 19.6 Å². The summed E-state index contributed by atoms with van der Waals surface area (Å²) in [7, 11) is -0.861. The number of benzene rings is 1. The first-order valence-corrected chi connectivity index (χ1v) is 10.2. The second-order valence-electron chi connectivity index (χ2n) is 6.31. The lowest BCUT2D eigenvalue weighted by Gasteiger charge is -2.36. The fourth-order valence-electron chi connectivity index (χ4n) is 3.20. The lowest BCUT2D eigenvalue weighted by molar-refractivity contribution is -0.146. The molecule has 2 aliphatic rings. The molecule has 3 rings (SSSR count). The number of hydrogen-bond acceptors (Lipinski definition) is 7. The van der Waals surface area contributed by atoms with Crippen LogP contribution in [0.5, 0.6) is 11.5 Å². The highest BCUT2D eigenvalue weighted by molar-refractivity contribution is 7.89. The standard InChI is InChI=1S/C17H25N3O6S/c1-24-13-3-4-14(25-2)16(11-13)27(22,23)20-8-6-19(7-9-20)17(21)15-12-18-5-10-26-15/h3-4,11,15,18H,5-10,12H2,1-2H3. The molecular formula is C17H25N3O6S. The molecule has 1 atom stereocenters. The topological polar surface area (TPSA) is 97.4 Å². The zero-order chi connectivity index (χ0) is 19.4. The maximum atomic E-state index is 13.1. The molecule has 1 N–H and O–H groups in total. The number of morpholine rings is 1. The number of nitrogens with one attached hydrogen (secondary N) is 1. The smallest absolute Gasteiger partial charge is 0.253 e. The molecule has 0 aliphatic carbocycles. The third-order valence-corrected chi connectivity index (χ3v) is 6.66. The Kier molecular flexibility index (Phi) is 6.20. The molecule has 2 heterocycles. The van der Waals surface area contributed by atoms with Crippen molar-refractivity contribution in [1.82, 2.24) is 14.5 Å². The van der Waals surface area contributed by atoms with Gasteiger partial charge in [0.2, 0.25) is 10.0 Å². The van der Waals surface area contributed by atoms with Gasteiger partial charge in [0, 0.05) is 45.3 Å². The summed E-state index contributed by atoms with van der Waals surface area (Å²) in [5, 5.41) is 3.13. The van der Waals surface area contributed by atoms with Crippen molar-refractivity contribution in [1.29, 1.82) is 0 Å². The van der Waals surface area contributed by atoms with Crippen LogP contribution < -0.4 is 14.8 Å². The molecule has 2 aliphatic heterocycles. The highest BCUT2D eigenvalue weighted by Crippen LogP contribution is 2.31. The number of piperazine rings is 1. The molecule has 0 radical (unpaired) electrons. The molecule has 10 heteroatoms. The fourth-order valence-corrected chi connectivity index (χ4v) is 4.79. The first-order valence-electron chi connectivity index (χ1n) is 8.80. The van der Waals surface area contributed by atoms with Crippen LogP contribution in [0.2, 0.25) is 0 Å². The van der Waals surface area contributed by atoms with Crippen LogP contribution >= 0.6 is 0 Å². The quantitative estimate of drug-likeness (QED) is 0.715. The van der Waals surface area contributed by atoms with Crippen molar-refractivity contribution in [2.45, 2.75) is 11.0 Å². The van der Waals surface area contributed by atoms with Gasteiger partial charge in [0.05, 0.1) is 20.8 Å². The second kappa shape index (κ2) is 8.42. The third-order valence-electron chi connectivity index (χ3n) is 4.74. The molecule has 0 spiro atoms. The average molecular weight is 399 g/mol. The zero-order valence-corrected chi connectivity index (χ0v) is 16.3. The van der Waals surface area contributed by atoms with E-state index in [0.717, 1.165) is 6.54 Å². The van der Waals surface area contributed by atoms with E-state index in [4.69, 9.17) is 14.2 Å². The van der Waals surface area contributed by atoms with Gasteiger partial charge >= 0.3 is 0 Å². The normalized spacial score (nSPS) is 21.7. The largest absolute Gasteiger partial charge is 0.497 e. The Morgan fingerprint density at radius 2 is 1.93 bits per heavy atom. The van der Waals surface area contributed by atoms with E-state index >= 15 is 0 Å². The van der Waals surface area contributed by atoms with Crippen molar-refractivity contribution in [3.63, 3.8) is 0 Å². The molecule has 0 saturated carbocycles. The molecule has 2 saturated heterocycles. The van der Waals surface area contributed by atoms with Gasteiger partial charge in [0.15, 0.2) is 0 Å². The summed E-state index contributed by atoms with van der Waals surface area (Å²) >= 11 is 0. The van der Waals surface area contributed by atoms with Gasteiger partial charge in [-0.3, -0.25) is 4.79 Å². The number of hydrogen-bond donors (Lipinski definition) is 1. The Morgan fingerprint density at radius 3 is 2.52 bits per heavy atom. The van der Waals surface area contributed by atoms with Crippen LogP contribution in [0.1, 0.15) is 0 Å². The summed E-state index contributed by atoms with van der Waals surface area (Å²) in [5.41, 5.74) is 0. The van der Waals surface area contributed by atoms with Crippen LogP contribution in [0.15, 0.2) is 23.1 Å². The molecule has 0 aromatic heterocycles. The van der Waals surface area contributed by atoms with Crippen LogP contribution in [-0.4, -0.2) is 89.7 Å². The molecule has 1 aromatic rings. The van der Waals surface area contributed by atoms with Gasteiger partial charge in [-0.05, 0) is 12.1 Å². The highest BCUT2D eigenvalue weighted by atomic mass is 32.2. The van der Waals surface area contributed by atoms with Crippen molar-refractivity contribution in [3.8, 4) is 11.5 Å². The van der Waals surface area contributed by atoms with Gasteiger partial charge in [0.1, 0.15) is 22.5 Å². The predicted molar refractivity (Wildman–Crippen MR) is 97.5 cm³/mol. The van der Waals surface area contributed by atoms with Gasteiger partial charge in [0.25, 0.3) is 5.91 Å². The van der Waals surface area contributed by atoms with E-state index in [1.54, 1.807) is 17.0 Å². The van der Waals surface area contributed by atoms with Crippen molar-refractivity contribution in [2.24, 2.45) is 0 Å². The Morgan fingerprint density at radius 1 is 1.19 bits per heavy atom. The van der Waals surface area contributed by atoms with E-state index in [1.807, 2.05) is 0 Å². The SMILES string of the molecule is COc1ccc(OC)c(S(=O)(=O)N2CCN(C(=O)C3CNCCO3)CC2)c1. The van der Waals surface area contributed by atoms with Crippen LogP contribution in [0.25, 0.3) is 0 Å². The summed E-state index contributed by atoms with van der Waals surface area (Å²) in [4.78, 5) is 14.2. The zero-order valence-electron chi connectivity index (χ0n) is 15.5. The number of ether oxygens (including phenoxy) is 3. The lowest BCUT2D eigenvalue weighted by Crippen LogP contribution is -2.55. The van der Waals surface area contributed by atoms with E-state index in [9.17, 15) is 13.2 Å². The number of sulfonamides is 1. The van der Waals surface area contributed by atoms with Crippen molar-refractivity contribution in [3.05, 3.63) is 18.2 Å². The number of methoxy groups -OCH3 is 2. The van der Waals surface area contributed by atoms with Gasteiger partial charge in [-0.25, -0.2) is 8.42 Å². The van der Waals surface area contributed by atoms with Gasteiger partial charge < -0.3 is 24.4 Å². The van der Waals surface area contributed by atoms with E-state index in [2.05, 4.69) is 5.32 Å². The number of carbonyl (C=O) groups excluding carboxylic acids is 1. The van der Waals surface area contributed by atoms with Crippen molar-refractivity contribution >= 4 is 15.9 Å². The number of nitrogens with zero attached hydrogens (tertiary/aromatic N) is 2. The van der Waals surface area contributed by atoms with Crippen LogP contribution in [0, 0.1) is 0 Å². The highest BCUT2D eigenvalue weighted by Gasteiger charge is 2.34. The molecule has 27 heavy (non-hydrogen) atoms. The number of rotatable bonds is 5. The Labute approximate surface area is 159 Å². The predicted octanol–water partition coefficient (Wildman–Crippen LogP) is -0.475. The van der Waals surface area contributed by atoms with Crippen molar-refractivity contribution < 1.29 is 27.4 Å². The summed E-state index contributed by atoms with van der Waals surface area (Å²) in [5.74, 6) is 0.597. The fraction of sp³-hybridized carbons (Fsp3) is 0.588. The summed E-state index contributed by atoms with van der Waals surface area (Å²) < 4.78 is 43.3. The Bertz CT molecular complexity index is 771. The maximum Gasteiger partial charge on any atom is 0.253 e. The third kappa shape index (κ3) is 4.18. The Balaban J connectivity index is 1.70. The van der Waals surface area contributed by atoms with Crippen LogP contribution in [0.4, 0.5) is 0 Å². The van der Waals surface area contributed by atoms with E-state index in [-0.39, 0.29) is 29.6 Å². The first kappa shape index (κ1) is 19.9. The van der Waals surface area contributed by atoms with Gasteiger partial charge in [-0.1, -0.05) is 0 Å². The minimum Gasteiger partial charge on any atom is -0.497 e. The molecule has 9 nitrogen and oxygen atoms in total. The summed E-state index contributed by atoms with van der Waals surface area (Å²) in [6.45, 7) is 2.80. The molecule has 150 valence electrons. The lowest BCUT2D eigenvalue weighted by atomic mass is 10.2. The minimum absolute atomic E-state index is 0.0592.